The fourth-order valence-corrected chi connectivity index (χ4v) is 3.51. The van der Waals surface area contributed by atoms with Crippen LogP contribution < -0.4 is 20.7 Å². The highest BCUT2D eigenvalue weighted by Crippen LogP contribution is 2.20. The minimum atomic E-state index is -0.287. The molecule has 0 bridgehead atoms. The van der Waals surface area contributed by atoms with Crippen LogP contribution in [0.5, 0.6) is 5.75 Å². The third-order valence-electron chi connectivity index (χ3n) is 4.79. The van der Waals surface area contributed by atoms with Crippen LogP contribution in [-0.2, 0) is 4.79 Å². The van der Waals surface area contributed by atoms with Crippen molar-refractivity contribution in [1.29, 1.82) is 0 Å². The SMILES string of the molecule is Cc1cccc(OCC(=O)Nc2ccc(C(=O)NCCNC(=O)c3cccs3)cc2)c1C. The zero-order valence-electron chi connectivity index (χ0n) is 17.9. The van der Waals surface area contributed by atoms with E-state index in [1.54, 1.807) is 30.3 Å². The number of carbonyl (C=O) groups excluding carboxylic acids is 3. The van der Waals surface area contributed by atoms with Crippen LogP contribution in [0.4, 0.5) is 5.69 Å². The summed E-state index contributed by atoms with van der Waals surface area (Å²) in [5, 5.41) is 10.1. The van der Waals surface area contributed by atoms with Gasteiger partial charge in [-0.05, 0) is 66.8 Å². The molecule has 2 aromatic carbocycles. The van der Waals surface area contributed by atoms with Gasteiger partial charge in [-0.2, -0.15) is 0 Å². The first-order chi connectivity index (χ1) is 15.4. The molecule has 0 saturated carbocycles. The van der Waals surface area contributed by atoms with Crippen LogP contribution in [0.2, 0.25) is 0 Å². The van der Waals surface area contributed by atoms with Crippen molar-refractivity contribution in [2.45, 2.75) is 13.8 Å². The van der Waals surface area contributed by atoms with E-state index in [2.05, 4.69) is 16.0 Å². The molecule has 0 spiro atoms. The third kappa shape index (κ3) is 6.42. The van der Waals surface area contributed by atoms with E-state index in [0.29, 0.717) is 35.0 Å². The van der Waals surface area contributed by atoms with Crippen molar-refractivity contribution in [3.63, 3.8) is 0 Å². The van der Waals surface area contributed by atoms with Gasteiger partial charge in [-0.3, -0.25) is 14.4 Å². The molecule has 0 atom stereocenters. The Balaban J connectivity index is 1.40. The van der Waals surface area contributed by atoms with Crippen molar-refractivity contribution < 1.29 is 19.1 Å². The van der Waals surface area contributed by atoms with Crippen LogP contribution in [0.15, 0.2) is 60.0 Å². The van der Waals surface area contributed by atoms with Crippen molar-refractivity contribution >= 4 is 34.7 Å². The van der Waals surface area contributed by atoms with E-state index in [4.69, 9.17) is 4.74 Å². The number of hydrogen-bond acceptors (Lipinski definition) is 5. The highest BCUT2D eigenvalue weighted by atomic mass is 32.1. The average molecular weight is 452 g/mol. The number of amides is 3. The minimum Gasteiger partial charge on any atom is -0.483 e. The molecule has 3 rings (SSSR count). The molecule has 0 unspecified atom stereocenters. The van der Waals surface area contributed by atoms with E-state index < -0.39 is 0 Å². The summed E-state index contributed by atoms with van der Waals surface area (Å²) in [5.41, 5.74) is 3.13. The Kier molecular flexibility index (Phi) is 7.99. The van der Waals surface area contributed by atoms with Crippen LogP contribution in [0.1, 0.15) is 31.2 Å². The molecule has 0 saturated heterocycles. The second-order valence-corrected chi connectivity index (χ2v) is 8.05. The molecule has 0 aliphatic heterocycles. The second-order valence-electron chi connectivity index (χ2n) is 7.10. The van der Waals surface area contributed by atoms with Gasteiger partial charge in [0, 0.05) is 24.3 Å². The van der Waals surface area contributed by atoms with Crippen LogP contribution in [-0.4, -0.2) is 37.4 Å². The van der Waals surface area contributed by atoms with Crippen LogP contribution in [0.25, 0.3) is 0 Å². The summed E-state index contributed by atoms with van der Waals surface area (Å²) in [7, 11) is 0. The van der Waals surface area contributed by atoms with Gasteiger partial charge in [0.1, 0.15) is 5.75 Å². The van der Waals surface area contributed by atoms with Gasteiger partial charge in [0.05, 0.1) is 4.88 Å². The van der Waals surface area contributed by atoms with Crippen molar-refractivity contribution in [2.75, 3.05) is 25.0 Å². The van der Waals surface area contributed by atoms with Crippen molar-refractivity contribution in [1.82, 2.24) is 10.6 Å². The number of rotatable bonds is 9. The number of hydrogen-bond donors (Lipinski definition) is 3. The smallest absolute Gasteiger partial charge is 0.262 e. The van der Waals surface area contributed by atoms with Gasteiger partial charge in [-0.1, -0.05) is 18.2 Å². The number of anilines is 1. The zero-order chi connectivity index (χ0) is 22.9. The second kappa shape index (κ2) is 11.1. The molecule has 32 heavy (non-hydrogen) atoms. The monoisotopic (exact) mass is 451 g/mol. The van der Waals surface area contributed by atoms with Gasteiger partial charge in [-0.25, -0.2) is 0 Å². The van der Waals surface area contributed by atoms with Gasteiger partial charge >= 0.3 is 0 Å². The lowest BCUT2D eigenvalue weighted by molar-refractivity contribution is -0.118. The molecule has 7 nitrogen and oxygen atoms in total. The molecular formula is C24H25N3O4S. The van der Waals surface area contributed by atoms with Gasteiger partial charge in [-0.15, -0.1) is 11.3 Å². The fraction of sp³-hybridized carbons (Fsp3) is 0.208. The van der Waals surface area contributed by atoms with E-state index in [9.17, 15) is 14.4 Å². The molecule has 0 fully saturated rings. The molecule has 1 heterocycles. The van der Waals surface area contributed by atoms with Crippen LogP contribution in [0.3, 0.4) is 0 Å². The Morgan fingerprint density at radius 2 is 1.59 bits per heavy atom. The predicted octanol–water partition coefficient (Wildman–Crippen LogP) is 3.54. The predicted molar refractivity (Wildman–Crippen MR) is 125 cm³/mol. The largest absolute Gasteiger partial charge is 0.483 e. The Bertz CT molecular complexity index is 1080. The molecule has 1 aromatic heterocycles. The fourth-order valence-electron chi connectivity index (χ4n) is 2.87. The summed E-state index contributed by atoms with van der Waals surface area (Å²) in [6, 6.07) is 15.8. The summed E-state index contributed by atoms with van der Waals surface area (Å²) < 4.78 is 5.60. The molecule has 0 aliphatic rings. The van der Waals surface area contributed by atoms with Crippen molar-refractivity contribution in [3.05, 3.63) is 81.5 Å². The molecule has 3 N–H and O–H groups in total. The summed E-state index contributed by atoms with van der Waals surface area (Å²) in [5.74, 6) is -0.0225. The number of benzene rings is 2. The number of aryl methyl sites for hydroxylation is 1. The lowest BCUT2D eigenvalue weighted by atomic mass is 10.1. The molecule has 0 aliphatic carbocycles. The maximum atomic E-state index is 12.2. The van der Waals surface area contributed by atoms with Gasteiger partial charge in [0.25, 0.3) is 17.7 Å². The molecule has 3 aromatic rings. The molecule has 166 valence electrons. The van der Waals surface area contributed by atoms with Crippen molar-refractivity contribution in [2.24, 2.45) is 0 Å². The zero-order valence-corrected chi connectivity index (χ0v) is 18.8. The Morgan fingerprint density at radius 1 is 0.875 bits per heavy atom. The minimum absolute atomic E-state index is 0.107. The number of thiophene rings is 1. The van der Waals surface area contributed by atoms with Crippen molar-refractivity contribution in [3.8, 4) is 5.75 Å². The first-order valence-corrected chi connectivity index (χ1v) is 11.0. The molecule has 0 radical (unpaired) electrons. The number of carbonyl (C=O) groups is 3. The van der Waals surface area contributed by atoms with Gasteiger partial charge in [0.15, 0.2) is 6.61 Å². The number of ether oxygens (including phenoxy) is 1. The van der Waals surface area contributed by atoms with Crippen LogP contribution in [0, 0.1) is 13.8 Å². The Hall–Kier alpha value is -3.65. The molecule has 3 amide bonds. The Labute approximate surface area is 190 Å². The third-order valence-corrected chi connectivity index (χ3v) is 5.65. The van der Waals surface area contributed by atoms with E-state index >= 15 is 0 Å². The first-order valence-electron chi connectivity index (χ1n) is 10.1. The Morgan fingerprint density at radius 3 is 2.28 bits per heavy atom. The summed E-state index contributed by atoms with van der Waals surface area (Å²) >= 11 is 1.36. The van der Waals surface area contributed by atoms with E-state index in [-0.39, 0.29) is 24.3 Å². The lowest BCUT2D eigenvalue weighted by Gasteiger charge is -2.11. The average Bonchev–Trinajstić information content (AvgIpc) is 3.33. The quantitative estimate of drug-likeness (QED) is 0.434. The van der Waals surface area contributed by atoms with E-state index in [1.807, 2.05) is 43.5 Å². The maximum absolute atomic E-state index is 12.2. The lowest BCUT2D eigenvalue weighted by Crippen LogP contribution is -2.34. The maximum Gasteiger partial charge on any atom is 0.262 e. The van der Waals surface area contributed by atoms with E-state index in [0.717, 1.165) is 11.1 Å². The summed E-state index contributed by atoms with van der Waals surface area (Å²) in [6.45, 7) is 4.47. The standard InChI is InChI=1S/C24H25N3O4S/c1-16-5-3-6-20(17(16)2)31-15-22(28)27-19-10-8-18(9-11-19)23(29)25-12-13-26-24(30)21-7-4-14-32-21/h3-11,14H,12-13,15H2,1-2H3,(H,25,29)(H,26,30)(H,27,28). The molecular weight excluding hydrogens is 426 g/mol. The highest BCUT2D eigenvalue weighted by Gasteiger charge is 2.09. The topological polar surface area (TPSA) is 96.5 Å². The van der Waals surface area contributed by atoms with Crippen LogP contribution >= 0.6 is 11.3 Å². The highest BCUT2D eigenvalue weighted by molar-refractivity contribution is 7.12. The first kappa shape index (κ1) is 23.0. The van der Waals surface area contributed by atoms with Gasteiger partial charge < -0.3 is 20.7 Å². The summed E-state index contributed by atoms with van der Waals surface area (Å²) in [4.78, 5) is 36.9. The summed E-state index contributed by atoms with van der Waals surface area (Å²) in [6.07, 6.45) is 0. The molecule has 8 heteroatoms. The van der Waals surface area contributed by atoms with E-state index in [1.165, 1.54) is 11.3 Å². The van der Waals surface area contributed by atoms with Gasteiger partial charge in [0.2, 0.25) is 0 Å². The number of nitrogens with one attached hydrogen (secondary N) is 3. The normalized spacial score (nSPS) is 10.3.